The first-order chi connectivity index (χ1) is 11.7. The molecule has 1 heterocycles. The van der Waals surface area contributed by atoms with E-state index in [1.54, 1.807) is 6.20 Å². The Morgan fingerprint density at radius 1 is 1.00 bits per heavy atom. The Morgan fingerprint density at radius 2 is 1.75 bits per heavy atom. The molecule has 1 saturated carbocycles. The molecular formula is C21H28N2O. The number of nitrogens with zero attached hydrogens (tertiary/aromatic N) is 2. The maximum atomic E-state index is 6.07. The predicted molar refractivity (Wildman–Crippen MR) is 97.9 cm³/mol. The number of rotatable bonds is 6. The Morgan fingerprint density at radius 3 is 2.38 bits per heavy atom. The van der Waals surface area contributed by atoms with E-state index in [1.165, 1.54) is 24.0 Å². The number of hydrogen-bond acceptors (Lipinski definition) is 3. The van der Waals surface area contributed by atoms with Gasteiger partial charge in [-0.3, -0.25) is 4.98 Å². The first kappa shape index (κ1) is 17.1. The summed E-state index contributed by atoms with van der Waals surface area (Å²) in [6.07, 6.45) is 8.86. The zero-order valence-electron chi connectivity index (χ0n) is 14.8. The van der Waals surface area contributed by atoms with Crippen molar-refractivity contribution in [2.75, 3.05) is 14.1 Å². The van der Waals surface area contributed by atoms with Crippen LogP contribution in [0.3, 0.4) is 0 Å². The molecule has 0 unspecified atom stereocenters. The first-order valence-corrected chi connectivity index (χ1v) is 8.95. The average molecular weight is 324 g/mol. The highest BCUT2D eigenvalue weighted by molar-refractivity contribution is 5.25. The minimum atomic E-state index is 0.398. The predicted octanol–water partition coefficient (Wildman–Crippen LogP) is 4.39. The molecule has 128 valence electrons. The van der Waals surface area contributed by atoms with Crippen LogP contribution < -0.4 is 0 Å². The lowest BCUT2D eigenvalue weighted by Crippen LogP contribution is -2.20. The van der Waals surface area contributed by atoms with Gasteiger partial charge in [0.2, 0.25) is 0 Å². The SMILES string of the molecule is CN(C)Cc1ccc(C2CCC(OCc3cccnc3)CC2)cc1. The van der Waals surface area contributed by atoms with E-state index in [0.29, 0.717) is 18.6 Å². The summed E-state index contributed by atoms with van der Waals surface area (Å²) in [7, 11) is 4.22. The molecule has 2 aromatic rings. The van der Waals surface area contributed by atoms with Gasteiger partial charge in [-0.2, -0.15) is 0 Å². The highest BCUT2D eigenvalue weighted by atomic mass is 16.5. The minimum Gasteiger partial charge on any atom is -0.373 e. The van der Waals surface area contributed by atoms with Crippen LogP contribution in [0, 0.1) is 0 Å². The van der Waals surface area contributed by atoms with Gasteiger partial charge < -0.3 is 9.64 Å². The average Bonchev–Trinajstić information content (AvgIpc) is 2.62. The third kappa shape index (κ3) is 4.89. The molecule has 3 rings (SSSR count). The van der Waals surface area contributed by atoms with Gasteiger partial charge in [0.15, 0.2) is 0 Å². The molecule has 1 aromatic heterocycles. The maximum Gasteiger partial charge on any atom is 0.0735 e. The third-order valence-electron chi connectivity index (χ3n) is 4.83. The fourth-order valence-electron chi connectivity index (χ4n) is 3.52. The molecule has 0 saturated heterocycles. The van der Waals surface area contributed by atoms with E-state index < -0.39 is 0 Å². The Bertz CT molecular complexity index is 601. The van der Waals surface area contributed by atoms with E-state index in [2.05, 4.69) is 54.3 Å². The van der Waals surface area contributed by atoms with Crippen molar-refractivity contribution in [2.24, 2.45) is 0 Å². The van der Waals surface area contributed by atoms with Crippen LogP contribution >= 0.6 is 0 Å². The monoisotopic (exact) mass is 324 g/mol. The highest BCUT2D eigenvalue weighted by Gasteiger charge is 2.22. The zero-order valence-corrected chi connectivity index (χ0v) is 14.8. The van der Waals surface area contributed by atoms with Crippen LogP contribution in [0.2, 0.25) is 0 Å². The normalized spacial score (nSPS) is 21.1. The van der Waals surface area contributed by atoms with Gasteiger partial charge in [-0.05, 0) is 68.5 Å². The minimum absolute atomic E-state index is 0.398. The van der Waals surface area contributed by atoms with Crippen LogP contribution in [0.1, 0.15) is 48.3 Å². The van der Waals surface area contributed by atoms with Gasteiger partial charge in [0.25, 0.3) is 0 Å². The molecule has 1 fully saturated rings. The van der Waals surface area contributed by atoms with Crippen LogP contribution in [0.5, 0.6) is 0 Å². The van der Waals surface area contributed by atoms with Gasteiger partial charge in [0.1, 0.15) is 0 Å². The summed E-state index contributed by atoms with van der Waals surface area (Å²) in [6.45, 7) is 1.69. The van der Waals surface area contributed by atoms with Crippen LogP contribution in [0.4, 0.5) is 0 Å². The second kappa shape index (κ2) is 8.41. The van der Waals surface area contributed by atoms with E-state index in [1.807, 2.05) is 12.3 Å². The molecular weight excluding hydrogens is 296 g/mol. The summed E-state index contributed by atoms with van der Waals surface area (Å²) in [6, 6.07) is 13.2. The second-order valence-corrected chi connectivity index (χ2v) is 7.13. The Kier molecular flexibility index (Phi) is 6.00. The van der Waals surface area contributed by atoms with E-state index >= 15 is 0 Å². The number of ether oxygens (including phenoxy) is 1. The molecule has 1 aromatic carbocycles. The molecule has 0 N–H and O–H groups in total. The zero-order chi connectivity index (χ0) is 16.8. The summed E-state index contributed by atoms with van der Waals surface area (Å²) < 4.78 is 6.07. The van der Waals surface area contributed by atoms with Crippen LogP contribution in [0.15, 0.2) is 48.8 Å². The maximum absolute atomic E-state index is 6.07. The summed E-state index contributed by atoms with van der Waals surface area (Å²) in [5, 5.41) is 0. The smallest absolute Gasteiger partial charge is 0.0735 e. The van der Waals surface area contributed by atoms with Crippen molar-refractivity contribution in [1.29, 1.82) is 0 Å². The largest absolute Gasteiger partial charge is 0.373 e. The van der Waals surface area contributed by atoms with Crippen LogP contribution in [-0.4, -0.2) is 30.1 Å². The first-order valence-electron chi connectivity index (χ1n) is 8.95. The Hall–Kier alpha value is -1.71. The van der Waals surface area contributed by atoms with Crippen molar-refractivity contribution < 1.29 is 4.74 Å². The summed E-state index contributed by atoms with van der Waals surface area (Å²) in [4.78, 5) is 6.35. The van der Waals surface area contributed by atoms with Gasteiger partial charge in [0.05, 0.1) is 12.7 Å². The third-order valence-corrected chi connectivity index (χ3v) is 4.83. The van der Waals surface area contributed by atoms with Gasteiger partial charge >= 0.3 is 0 Å². The van der Waals surface area contributed by atoms with Gasteiger partial charge in [0, 0.05) is 18.9 Å². The van der Waals surface area contributed by atoms with E-state index in [-0.39, 0.29) is 0 Å². The number of benzene rings is 1. The molecule has 3 nitrogen and oxygen atoms in total. The molecule has 0 amide bonds. The van der Waals surface area contributed by atoms with E-state index in [4.69, 9.17) is 4.74 Å². The second-order valence-electron chi connectivity index (χ2n) is 7.13. The standard InChI is InChI=1S/C21H28N2O/c1-23(2)15-17-5-7-19(8-6-17)20-9-11-21(12-10-20)24-16-18-4-3-13-22-14-18/h3-8,13-14,20-21H,9-12,15-16H2,1-2H3. The lowest BCUT2D eigenvalue weighted by atomic mass is 9.82. The fourth-order valence-corrected chi connectivity index (χ4v) is 3.52. The van der Waals surface area contributed by atoms with Crippen LogP contribution in [0.25, 0.3) is 0 Å². The molecule has 0 atom stereocenters. The lowest BCUT2D eigenvalue weighted by molar-refractivity contribution is 0.0132. The van der Waals surface area contributed by atoms with Gasteiger partial charge in [-0.25, -0.2) is 0 Å². The fraction of sp³-hybridized carbons (Fsp3) is 0.476. The summed E-state index contributed by atoms with van der Waals surface area (Å²) >= 11 is 0. The lowest BCUT2D eigenvalue weighted by Gasteiger charge is -2.29. The van der Waals surface area contributed by atoms with Crippen molar-refractivity contribution in [2.45, 2.75) is 50.9 Å². The van der Waals surface area contributed by atoms with Crippen LogP contribution in [-0.2, 0) is 17.9 Å². The molecule has 0 bridgehead atoms. The highest BCUT2D eigenvalue weighted by Crippen LogP contribution is 2.34. The quantitative estimate of drug-likeness (QED) is 0.788. The van der Waals surface area contributed by atoms with Crippen molar-refractivity contribution in [3.05, 3.63) is 65.5 Å². The number of aromatic nitrogens is 1. The summed E-state index contributed by atoms with van der Waals surface area (Å²) in [5.41, 5.74) is 4.04. The Balaban J connectivity index is 1.46. The molecule has 0 radical (unpaired) electrons. The topological polar surface area (TPSA) is 25.4 Å². The van der Waals surface area contributed by atoms with Gasteiger partial charge in [-0.15, -0.1) is 0 Å². The van der Waals surface area contributed by atoms with Crippen molar-refractivity contribution in [3.63, 3.8) is 0 Å². The molecule has 0 spiro atoms. The molecule has 0 aliphatic heterocycles. The number of pyridine rings is 1. The molecule has 3 heteroatoms. The Labute approximate surface area is 145 Å². The molecule has 24 heavy (non-hydrogen) atoms. The number of hydrogen-bond donors (Lipinski definition) is 0. The summed E-state index contributed by atoms with van der Waals surface area (Å²) in [5.74, 6) is 0.691. The van der Waals surface area contributed by atoms with E-state index in [0.717, 1.165) is 24.9 Å². The van der Waals surface area contributed by atoms with Crippen molar-refractivity contribution in [1.82, 2.24) is 9.88 Å². The van der Waals surface area contributed by atoms with Gasteiger partial charge in [-0.1, -0.05) is 30.3 Å². The molecule has 1 aliphatic carbocycles. The van der Waals surface area contributed by atoms with Crippen molar-refractivity contribution in [3.8, 4) is 0 Å². The van der Waals surface area contributed by atoms with E-state index in [9.17, 15) is 0 Å². The van der Waals surface area contributed by atoms with Crippen molar-refractivity contribution >= 4 is 0 Å². The molecule has 1 aliphatic rings.